The van der Waals surface area contributed by atoms with Gasteiger partial charge in [-0.05, 0) is 55.8 Å². The van der Waals surface area contributed by atoms with Crippen LogP contribution in [0.2, 0.25) is 0 Å². The number of rotatable bonds is 4. The zero-order chi connectivity index (χ0) is 10.7. The van der Waals surface area contributed by atoms with Gasteiger partial charge in [0.15, 0.2) is 0 Å². The summed E-state index contributed by atoms with van der Waals surface area (Å²) < 4.78 is 0. The van der Waals surface area contributed by atoms with Gasteiger partial charge in [-0.2, -0.15) is 0 Å². The Labute approximate surface area is 92.9 Å². The first kappa shape index (κ1) is 10.7. The van der Waals surface area contributed by atoms with Crippen molar-refractivity contribution in [3.05, 3.63) is 35.4 Å². The van der Waals surface area contributed by atoms with Crippen molar-refractivity contribution in [3.8, 4) is 0 Å². The summed E-state index contributed by atoms with van der Waals surface area (Å²) in [7, 11) is 2.05. The molecular formula is C14H21N. The highest BCUT2D eigenvalue weighted by atomic mass is 14.8. The number of hydrogen-bond donors (Lipinski definition) is 1. The third kappa shape index (κ3) is 2.40. The van der Waals surface area contributed by atoms with Crippen LogP contribution in [-0.4, -0.2) is 13.6 Å². The third-order valence-corrected chi connectivity index (χ3v) is 3.59. The summed E-state index contributed by atoms with van der Waals surface area (Å²) in [4.78, 5) is 0. The van der Waals surface area contributed by atoms with E-state index >= 15 is 0 Å². The Morgan fingerprint density at radius 3 is 2.40 bits per heavy atom. The minimum Gasteiger partial charge on any atom is -0.319 e. The lowest BCUT2D eigenvalue weighted by Crippen LogP contribution is -2.30. The Morgan fingerprint density at radius 2 is 1.87 bits per heavy atom. The molecular weight excluding hydrogens is 182 g/mol. The molecule has 0 unspecified atom stereocenters. The van der Waals surface area contributed by atoms with Gasteiger partial charge < -0.3 is 5.32 Å². The van der Waals surface area contributed by atoms with E-state index in [0.29, 0.717) is 0 Å². The molecule has 0 radical (unpaired) electrons. The highest BCUT2D eigenvalue weighted by molar-refractivity contribution is 5.27. The quantitative estimate of drug-likeness (QED) is 0.793. The van der Waals surface area contributed by atoms with Gasteiger partial charge in [-0.15, -0.1) is 0 Å². The molecule has 1 fully saturated rings. The largest absolute Gasteiger partial charge is 0.319 e. The second kappa shape index (κ2) is 4.80. The topological polar surface area (TPSA) is 12.0 Å². The van der Waals surface area contributed by atoms with E-state index in [4.69, 9.17) is 0 Å². The van der Waals surface area contributed by atoms with Crippen molar-refractivity contribution in [2.75, 3.05) is 13.6 Å². The molecule has 1 aromatic carbocycles. The first-order valence-corrected chi connectivity index (χ1v) is 6.07. The Hall–Kier alpha value is -0.820. The first-order valence-electron chi connectivity index (χ1n) is 6.07. The number of benzene rings is 1. The van der Waals surface area contributed by atoms with Crippen LogP contribution in [0.1, 0.15) is 36.8 Å². The SMILES string of the molecule is CCc1ccc(C2CC(CNC)C2)cc1. The maximum absolute atomic E-state index is 3.26. The van der Waals surface area contributed by atoms with E-state index in [1.165, 1.54) is 24.9 Å². The molecule has 2 rings (SSSR count). The van der Waals surface area contributed by atoms with Gasteiger partial charge in [0.05, 0.1) is 0 Å². The fourth-order valence-electron chi connectivity index (χ4n) is 2.49. The van der Waals surface area contributed by atoms with Crippen LogP contribution in [0.3, 0.4) is 0 Å². The van der Waals surface area contributed by atoms with Gasteiger partial charge in [-0.3, -0.25) is 0 Å². The van der Waals surface area contributed by atoms with E-state index in [2.05, 4.69) is 36.5 Å². The Morgan fingerprint density at radius 1 is 1.20 bits per heavy atom. The fraction of sp³-hybridized carbons (Fsp3) is 0.571. The lowest BCUT2D eigenvalue weighted by atomic mass is 9.71. The molecule has 82 valence electrons. The Bertz CT molecular complexity index is 296. The summed E-state index contributed by atoms with van der Waals surface area (Å²) in [5.74, 6) is 1.74. The van der Waals surface area contributed by atoms with E-state index in [9.17, 15) is 0 Å². The van der Waals surface area contributed by atoms with E-state index in [-0.39, 0.29) is 0 Å². The molecule has 15 heavy (non-hydrogen) atoms. The van der Waals surface area contributed by atoms with Crippen molar-refractivity contribution in [2.24, 2.45) is 5.92 Å². The molecule has 0 saturated heterocycles. The molecule has 0 amide bonds. The summed E-state index contributed by atoms with van der Waals surface area (Å²) in [6.07, 6.45) is 3.88. The molecule has 1 nitrogen and oxygen atoms in total. The van der Waals surface area contributed by atoms with Crippen molar-refractivity contribution in [2.45, 2.75) is 32.1 Å². The zero-order valence-corrected chi connectivity index (χ0v) is 9.79. The van der Waals surface area contributed by atoms with Gasteiger partial charge in [0.25, 0.3) is 0 Å². The fourth-order valence-corrected chi connectivity index (χ4v) is 2.49. The molecule has 0 aromatic heterocycles. The first-order chi connectivity index (χ1) is 7.33. The van der Waals surface area contributed by atoms with Crippen molar-refractivity contribution < 1.29 is 0 Å². The smallest absolute Gasteiger partial charge is 0.00231 e. The predicted molar refractivity (Wildman–Crippen MR) is 65.2 cm³/mol. The van der Waals surface area contributed by atoms with Crippen LogP contribution in [0, 0.1) is 5.92 Å². The van der Waals surface area contributed by atoms with Crippen LogP contribution in [0.15, 0.2) is 24.3 Å². The van der Waals surface area contributed by atoms with E-state index in [0.717, 1.165) is 18.3 Å². The molecule has 1 N–H and O–H groups in total. The maximum Gasteiger partial charge on any atom is -0.00231 e. The summed E-state index contributed by atoms with van der Waals surface area (Å²) in [5, 5.41) is 3.26. The average molecular weight is 203 g/mol. The summed E-state index contributed by atoms with van der Waals surface area (Å²) >= 11 is 0. The van der Waals surface area contributed by atoms with Crippen LogP contribution in [0.5, 0.6) is 0 Å². The van der Waals surface area contributed by atoms with Crippen LogP contribution in [0.4, 0.5) is 0 Å². The number of aryl methyl sites for hydroxylation is 1. The van der Waals surface area contributed by atoms with E-state index in [1.54, 1.807) is 5.56 Å². The van der Waals surface area contributed by atoms with Crippen molar-refractivity contribution in [1.29, 1.82) is 0 Å². The third-order valence-electron chi connectivity index (χ3n) is 3.59. The van der Waals surface area contributed by atoms with E-state index < -0.39 is 0 Å². The summed E-state index contributed by atoms with van der Waals surface area (Å²) in [6.45, 7) is 3.39. The summed E-state index contributed by atoms with van der Waals surface area (Å²) in [6, 6.07) is 9.19. The number of nitrogens with one attached hydrogen (secondary N) is 1. The van der Waals surface area contributed by atoms with Crippen molar-refractivity contribution >= 4 is 0 Å². The van der Waals surface area contributed by atoms with Gasteiger partial charge >= 0.3 is 0 Å². The van der Waals surface area contributed by atoms with Crippen LogP contribution in [0.25, 0.3) is 0 Å². The minimum atomic E-state index is 0.828. The second-order valence-electron chi connectivity index (χ2n) is 4.69. The van der Waals surface area contributed by atoms with E-state index in [1.807, 2.05) is 7.05 Å². The molecule has 0 spiro atoms. The molecule has 1 heteroatoms. The maximum atomic E-state index is 3.26. The molecule has 1 saturated carbocycles. The van der Waals surface area contributed by atoms with Crippen molar-refractivity contribution in [1.82, 2.24) is 5.32 Å². The standard InChI is InChI=1S/C14H21N/c1-3-11-4-6-13(7-5-11)14-8-12(9-14)10-15-2/h4-7,12,14-15H,3,8-10H2,1-2H3. The highest BCUT2D eigenvalue weighted by Crippen LogP contribution is 2.41. The molecule has 0 atom stereocenters. The van der Waals surface area contributed by atoms with Gasteiger partial charge in [0.1, 0.15) is 0 Å². The number of hydrogen-bond acceptors (Lipinski definition) is 1. The van der Waals surface area contributed by atoms with Crippen LogP contribution < -0.4 is 5.32 Å². The normalized spacial score (nSPS) is 24.9. The average Bonchev–Trinajstić information content (AvgIpc) is 2.23. The second-order valence-corrected chi connectivity index (χ2v) is 4.69. The molecule has 1 aromatic rings. The zero-order valence-electron chi connectivity index (χ0n) is 9.79. The van der Waals surface area contributed by atoms with Crippen LogP contribution in [-0.2, 0) is 6.42 Å². The Balaban J connectivity index is 1.89. The van der Waals surface area contributed by atoms with Gasteiger partial charge in [0.2, 0.25) is 0 Å². The Kier molecular flexibility index (Phi) is 3.42. The van der Waals surface area contributed by atoms with Gasteiger partial charge in [-0.1, -0.05) is 31.2 Å². The lowest BCUT2D eigenvalue weighted by Gasteiger charge is -2.35. The van der Waals surface area contributed by atoms with Gasteiger partial charge in [0, 0.05) is 0 Å². The molecule has 0 heterocycles. The minimum absolute atomic E-state index is 0.828. The monoisotopic (exact) mass is 203 g/mol. The predicted octanol–water partition coefficient (Wildman–Crippen LogP) is 2.96. The molecule has 1 aliphatic carbocycles. The summed E-state index contributed by atoms with van der Waals surface area (Å²) in [5.41, 5.74) is 2.99. The molecule has 0 bridgehead atoms. The van der Waals surface area contributed by atoms with Crippen LogP contribution >= 0.6 is 0 Å². The molecule has 1 aliphatic rings. The lowest BCUT2D eigenvalue weighted by molar-refractivity contribution is 0.259. The highest BCUT2D eigenvalue weighted by Gasteiger charge is 2.29. The van der Waals surface area contributed by atoms with Gasteiger partial charge in [-0.25, -0.2) is 0 Å². The molecule has 0 aliphatic heterocycles. The van der Waals surface area contributed by atoms with Crippen molar-refractivity contribution in [3.63, 3.8) is 0 Å².